The van der Waals surface area contributed by atoms with Crippen molar-refractivity contribution in [1.82, 2.24) is 10.2 Å². The van der Waals surface area contributed by atoms with Gasteiger partial charge in [0.25, 0.3) is 0 Å². The SMILES string of the molecule is COC1CCCC1NC1CCN(CC=C(C)C)CC1. The number of piperidine rings is 1. The maximum absolute atomic E-state index is 5.57. The van der Waals surface area contributed by atoms with Gasteiger partial charge in [-0.3, -0.25) is 4.90 Å². The third-order valence-electron chi connectivity index (χ3n) is 4.55. The zero-order valence-corrected chi connectivity index (χ0v) is 12.8. The predicted molar refractivity (Wildman–Crippen MR) is 80.5 cm³/mol. The smallest absolute Gasteiger partial charge is 0.0724 e. The van der Waals surface area contributed by atoms with Crippen LogP contribution in [0, 0.1) is 0 Å². The van der Waals surface area contributed by atoms with Crippen LogP contribution in [-0.2, 0) is 4.74 Å². The highest BCUT2D eigenvalue weighted by Gasteiger charge is 2.29. The molecule has 0 aromatic rings. The average Bonchev–Trinajstić information content (AvgIpc) is 2.85. The molecule has 2 fully saturated rings. The molecule has 0 amide bonds. The number of hydrogen-bond acceptors (Lipinski definition) is 3. The molecule has 0 spiro atoms. The van der Waals surface area contributed by atoms with Gasteiger partial charge in [-0.25, -0.2) is 0 Å². The summed E-state index contributed by atoms with van der Waals surface area (Å²) < 4.78 is 5.57. The van der Waals surface area contributed by atoms with Crippen molar-refractivity contribution in [2.75, 3.05) is 26.7 Å². The van der Waals surface area contributed by atoms with Crippen LogP contribution in [-0.4, -0.2) is 49.8 Å². The van der Waals surface area contributed by atoms with Gasteiger partial charge in [0.1, 0.15) is 0 Å². The quantitative estimate of drug-likeness (QED) is 0.774. The Bertz CT molecular complexity index is 291. The molecule has 0 bridgehead atoms. The van der Waals surface area contributed by atoms with E-state index in [-0.39, 0.29) is 0 Å². The van der Waals surface area contributed by atoms with Crippen molar-refractivity contribution in [3.05, 3.63) is 11.6 Å². The molecule has 2 rings (SSSR count). The Morgan fingerprint density at radius 3 is 2.58 bits per heavy atom. The molecule has 1 aliphatic heterocycles. The van der Waals surface area contributed by atoms with Gasteiger partial charge in [-0.05, 0) is 59.0 Å². The van der Waals surface area contributed by atoms with Gasteiger partial charge in [0.15, 0.2) is 0 Å². The number of nitrogens with zero attached hydrogens (tertiary/aromatic N) is 1. The van der Waals surface area contributed by atoms with Gasteiger partial charge in [0, 0.05) is 25.7 Å². The Morgan fingerprint density at radius 2 is 1.95 bits per heavy atom. The lowest BCUT2D eigenvalue weighted by molar-refractivity contribution is 0.0762. The van der Waals surface area contributed by atoms with Crippen molar-refractivity contribution >= 4 is 0 Å². The van der Waals surface area contributed by atoms with Crippen molar-refractivity contribution in [3.63, 3.8) is 0 Å². The molecule has 0 radical (unpaired) electrons. The Kier molecular flexibility index (Phi) is 5.86. The van der Waals surface area contributed by atoms with Crippen molar-refractivity contribution in [1.29, 1.82) is 0 Å². The topological polar surface area (TPSA) is 24.5 Å². The van der Waals surface area contributed by atoms with E-state index in [4.69, 9.17) is 4.74 Å². The second kappa shape index (κ2) is 7.41. The van der Waals surface area contributed by atoms with Crippen LogP contribution in [0.5, 0.6) is 0 Å². The number of methoxy groups -OCH3 is 1. The van der Waals surface area contributed by atoms with E-state index in [2.05, 4.69) is 30.1 Å². The van der Waals surface area contributed by atoms with Crippen LogP contribution < -0.4 is 5.32 Å². The normalized spacial score (nSPS) is 29.6. The molecule has 0 aromatic carbocycles. The summed E-state index contributed by atoms with van der Waals surface area (Å²) in [7, 11) is 1.85. The minimum absolute atomic E-state index is 0.448. The van der Waals surface area contributed by atoms with Gasteiger partial charge in [-0.2, -0.15) is 0 Å². The Balaban J connectivity index is 1.70. The number of nitrogens with one attached hydrogen (secondary N) is 1. The van der Waals surface area contributed by atoms with E-state index < -0.39 is 0 Å². The minimum atomic E-state index is 0.448. The number of allylic oxidation sites excluding steroid dienone is 1. The molecule has 0 aromatic heterocycles. The summed E-state index contributed by atoms with van der Waals surface area (Å²) in [5.41, 5.74) is 1.43. The van der Waals surface area contributed by atoms with Crippen molar-refractivity contribution in [2.45, 2.75) is 64.1 Å². The fraction of sp³-hybridized carbons (Fsp3) is 0.875. The highest BCUT2D eigenvalue weighted by atomic mass is 16.5. The third kappa shape index (κ3) is 4.59. The van der Waals surface area contributed by atoms with E-state index in [1.165, 1.54) is 50.8 Å². The summed E-state index contributed by atoms with van der Waals surface area (Å²) in [5.74, 6) is 0. The molecule has 3 nitrogen and oxygen atoms in total. The first kappa shape index (κ1) is 15.0. The summed E-state index contributed by atoms with van der Waals surface area (Å²) in [5, 5.41) is 3.84. The van der Waals surface area contributed by atoms with Gasteiger partial charge in [0.2, 0.25) is 0 Å². The largest absolute Gasteiger partial charge is 0.380 e. The maximum Gasteiger partial charge on any atom is 0.0724 e. The molecule has 1 saturated carbocycles. The van der Waals surface area contributed by atoms with E-state index in [0.717, 1.165) is 6.54 Å². The van der Waals surface area contributed by atoms with Gasteiger partial charge >= 0.3 is 0 Å². The molecular weight excluding hydrogens is 236 g/mol. The summed E-state index contributed by atoms with van der Waals surface area (Å²) >= 11 is 0. The van der Waals surface area contributed by atoms with Crippen molar-refractivity contribution < 1.29 is 4.74 Å². The number of likely N-dealkylation sites (tertiary alicyclic amines) is 1. The Morgan fingerprint density at radius 1 is 1.21 bits per heavy atom. The lowest BCUT2D eigenvalue weighted by atomic mass is 10.0. The molecule has 3 heteroatoms. The first-order valence-electron chi connectivity index (χ1n) is 7.83. The van der Waals surface area contributed by atoms with Crippen molar-refractivity contribution in [2.24, 2.45) is 0 Å². The lowest BCUT2D eigenvalue weighted by Gasteiger charge is -2.34. The van der Waals surface area contributed by atoms with Crippen LogP contribution in [0.1, 0.15) is 46.0 Å². The van der Waals surface area contributed by atoms with Gasteiger partial charge in [0.05, 0.1) is 6.10 Å². The van der Waals surface area contributed by atoms with Gasteiger partial charge in [-0.15, -0.1) is 0 Å². The van der Waals surface area contributed by atoms with Crippen molar-refractivity contribution in [3.8, 4) is 0 Å². The van der Waals surface area contributed by atoms with E-state index in [1.54, 1.807) is 0 Å². The minimum Gasteiger partial charge on any atom is -0.380 e. The first-order chi connectivity index (χ1) is 9.19. The van der Waals surface area contributed by atoms with Crippen LogP contribution in [0.2, 0.25) is 0 Å². The van der Waals surface area contributed by atoms with E-state index in [1.807, 2.05) is 7.11 Å². The second-order valence-corrected chi connectivity index (χ2v) is 6.33. The third-order valence-corrected chi connectivity index (χ3v) is 4.55. The number of rotatable bonds is 5. The van der Waals surface area contributed by atoms with Gasteiger partial charge < -0.3 is 10.1 Å². The average molecular weight is 266 g/mol. The van der Waals surface area contributed by atoms with Crippen LogP contribution in [0.3, 0.4) is 0 Å². The van der Waals surface area contributed by atoms with E-state index in [9.17, 15) is 0 Å². The molecule has 1 heterocycles. The number of hydrogen-bond donors (Lipinski definition) is 1. The Labute approximate surface area is 118 Å². The lowest BCUT2D eigenvalue weighted by Crippen LogP contribution is -2.48. The molecule has 2 aliphatic rings. The first-order valence-corrected chi connectivity index (χ1v) is 7.83. The highest BCUT2D eigenvalue weighted by molar-refractivity contribution is 4.96. The van der Waals surface area contributed by atoms with Crippen LogP contribution in [0.15, 0.2) is 11.6 Å². The summed E-state index contributed by atoms with van der Waals surface area (Å²) in [6.45, 7) is 7.94. The molecule has 1 N–H and O–H groups in total. The summed E-state index contributed by atoms with van der Waals surface area (Å²) in [4.78, 5) is 2.56. The van der Waals surface area contributed by atoms with E-state index in [0.29, 0.717) is 18.2 Å². The van der Waals surface area contributed by atoms with Crippen LogP contribution in [0.4, 0.5) is 0 Å². The predicted octanol–water partition coefficient (Wildman–Crippen LogP) is 2.57. The fourth-order valence-electron chi connectivity index (χ4n) is 3.30. The molecule has 2 atom stereocenters. The molecular formula is C16H30N2O. The summed E-state index contributed by atoms with van der Waals surface area (Å²) in [6.07, 6.45) is 9.18. The standard InChI is InChI=1S/C16H30N2O/c1-13(2)7-10-18-11-8-14(9-12-18)17-15-5-4-6-16(15)19-3/h7,14-17H,4-6,8-12H2,1-3H3. The molecule has 1 aliphatic carbocycles. The molecule has 1 saturated heterocycles. The van der Waals surface area contributed by atoms with Crippen LogP contribution >= 0.6 is 0 Å². The maximum atomic E-state index is 5.57. The number of ether oxygens (including phenoxy) is 1. The highest BCUT2D eigenvalue weighted by Crippen LogP contribution is 2.23. The molecule has 110 valence electrons. The molecule has 19 heavy (non-hydrogen) atoms. The van der Waals surface area contributed by atoms with E-state index >= 15 is 0 Å². The van der Waals surface area contributed by atoms with Gasteiger partial charge in [-0.1, -0.05) is 11.6 Å². The monoisotopic (exact) mass is 266 g/mol. The fourth-order valence-corrected chi connectivity index (χ4v) is 3.30. The second-order valence-electron chi connectivity index (χ2n) is 6.33. The Hall–Kier alpha value is -0.380. The molecule has 2 unspecified atom stereocenters. The summed E-state index contributed by atoms with van der Waals surface area (Å²) in [6, 6.07) is 1.29. The van der Waals surface area contributed by atoms with Crippen LogP contribution in [0.25, 0.3) is 0 Å². The zero-order valence-electron chi connectivity index (χ0n) is 12.8. The zero-order chi connectivity index (χ0) is 13.7.